The Morgan fingerprint density at radius 3 is 2.68 bits per heavy atom. The maximum absolute atomic E-state index is 12.9. The molecule has 0 saturated heterocycles. The van der Waals surface area contributed by atoms with E-state index in [4.69, 9.17) is 9.47 Å². The van der Waals surface area contributed by atoms with Gasteiger partial charge in [-0.2, -0.15) is 18.3 Å². The number of aromatic nitrogens is 2. The molecular formula is C23H21F3N2O3. The van der Waals surface area contributed by atoms with Crippen LogP contribution >= 0.6 is 0 Å². The van der Waals surface area contributed by atoms with Crippen LogP contribution in [0.25, 0.3) is 6.08 Å². The standard InChI is InChI=1S/C23H21F3N2O3/c1-3-28-20(11-12-27-28)21(29)9-7-16-8-10-22(30-2)17(13-16)15-31-19-6-4-5-18(14-19)23(24,25)26/h4-14H,3,15H2,1-2H3/b9-7+. The van der Waals surface area contributed by atoms with E-state index >= 15 is 0 Å². The third-order valence-electron chi connectivity index (χ3n) is 4.56. The minimum absolute atomic E-state index is 0.00269. The summed E-state index contributed by atoms with van der Waals surface area (Å²) in [4.78, 5) is 12.4. The van der Waals surface area contributed by atoms with Crippen molar-refractivity contribution < 1.29 is 27.4 Å². The Hall–Kier alpha value is -3.55. The smallest absolute Gasteiger partial charge is 0.416 e. The molecule has 0 unspecified atom stereocenters. The predicted molar refractivity (Wildman–Crippen MR) is 110 cm³/mol. The van der Waals surface area contributed by atoms with Gasteiger partial charge in [-0.25, -0.2) is 0 Å². The molecule has 2 aromatic carbocycles. The number of alkyl halides is 3. The molecule has 0 saturated carbocycles. The summed E-state index contributed by atoms with van der Waals surface area (Å²) in [6.07, 6.45) is 0.230. The molecule has 0 aliphatic heterocycles. The predicted octanol–water partition coefficient (Wildman–Crippen LogP) is 5.41. The van der Waals surface area contributed by atoms with E-state index in [1.54, 1.807) is 41.2 Å². The van der Waals surface area contributed by atoms with Crippen molar-refractivity contribution >= 4 is 11.9 Å². The zero-order valence-electron chi connectivity index (χ0n) is 17.0. The van der Waals surface area contributed by atoms with Crippen molar-refractivity contribution in [3.8, 4) is 11.5 Å². The van der Waals surface area contributed by atoms with Crippen molar-refractivity contribution in [3.05, 3.63) is 83.2 Å². The number of aryl methyl sites for hydroxylation is 1. The lowest BCUT2D eigenvalue weighted by Gasteiger charge is -2.13. The highest BCUT2D eigenvalue weighted by Gasteiger charge is 2.30. The van der Waals surface area contributed by atoms with Crippen LogP contribution in [0, 0.1) is 0 Å². The number of nitrogens with zero attached hydrogens (tertiary/aromatic N) is 2. The van der Waals surface area contributed by atoms with Gasteiger partial charge < -0.3 is 9.47 Å². The molecule has 162 valence electrons. The van der Waals surface area contributed by atoms with Crippen LogP contribution in [-0.2, 0) is 19.3 Å². The number of methoxy groups -OCH3 is 1. The van der Waals surface area contributed by atoms with Crippen LogP contribution in [0.2, 0.25) is 0 Å². The quantitative estimate of drug-likeness (QED) is 0.354. The molecule has 3 aromatic rings. The molecule has 0 aliphatic rings. The lowest BCUT2D eigenvalue weighted by atomic mass is 10.1. The minimum atomic E-state index is -4.44. The lowest BCUT2D eigenvalue weighted by molar-refractivity contribution is -0.137. The number of rotatable bonds is 8. The van der Waals surface area contributed by atoms with Crippen molar-refractivity contribution in [1.82, 2.24) is 9.78 Å². The maximum atomic E-state index is 12.9. The normalized spacial score (nSPS) is 11.6. The number of ether oxygens (including phenoxy) is 2. The SMILES string of the molecule is CCn1nccc1C(=O)/C=C/c1ccc(OC)c(COc2cccc(C(F)(F)F)c2)c1. The Balaban J connectivity index is 1.76. The van der Waals surface area contributed by atoms with E-state index in [1.165, 1.54) is 25.3 Å². The summed E-state index contributed by atoms with van der Waals surface area (Å²) in [5.41, 5.74) is 1.06. The van der Waals surface area contributed by atoms with Crippen LogP contribution in [0.1, 0.15) is 34.1 Å². The van der Waals surface area contributed by atoms with E-state index < -0.39 is 11.7 Å². The highest BCUT2D eigenvalue weighted by molar-refractivity contribution is 6.05. The number of carbonyl (C=O) groups is 1. The fraction of sp³-hybridized carbons (Fsp3) is 0.217. The topological polar surface area (TPSA) is 53.4 Å². The molecule has 0 atom stereocenters. The minimum Gasteiger partial charge on any atom is -0.496 e. The molecule has 0 radical (unpaired) electrons. The second kappa shape index (κ2) is 9.51. The number of benzene rings is 2. The number of halogens is 3. The van der Waals surface area contributed by atoms with Crippen LogP contribution in [-0.4, -0.2) is 22.7 Å². The summed E-state index contributed by atoms with van der Waals surface area (Å²) >= 11 is 0. The first kappa shape index (κ1) is 22.1. The third-order valence-corrected chi connectivity index (χ3v) is 4.56. The van der Waals surface area contributed by atoms with Gasteiger partial charge in [-0.1, -0.05) is 18.2 Å². The van der Waals surface area contributed by atoms with Crippen molar-refractivity contribution in [2.24, 2.45) is 0 Å². The first-order valence-electron chi connectivity index (χ1n) is 9.53. The van der Waals surface area contributed by atoms with Crippen LogP contribution in [0.3, 0.4) is 0 Å². The van der Waals surface area contributed by atoms with E-state index in [0.29, 0.717) is 23.6 Å². The number of ketones is 1. The van der Waals surface area contributed by atoms with Crippen molar-refractivity contribution in [2.75, 3.05) is 7.11 Å². The van der Waals surface area contributed by atoms with Crippen LogP contribution in [0.5, 0.6) is 11.5 Å². The molecule has 3 rings (SSSR count). The molecule has 0 bridgehead atoms. The Bertz CT molecular complexity index is 1090. The molecule has 8 heteroatoms. The summed E-state index contributed by atoms with van der Waals surface area (Å²) in [6, 6.07) is 11.6. The fourth-order valence-corrected chi connectivity index (χ4v) is 2.99. The molecule has 1 aromatic heterocycles. The van der Waals surface area contributed by atoms with E-state index in [2.05, 4.69) is 5.10 Å². The van der Waals surface area contributed by atoms with Gasteiger partial charge >= 0.3 is 6.18 Å². The third kappa shape index (κ3) is 5.53. The second-order valence-electron chi connectivity index (χ2n) is 6.62. The molecule has 0 fully saturated rings. The number of hydrogen-bond acceptors (Lipinski definition) is 4. The molecule has 1 heterocycles. The monoisotopic (exact) mass is 430 g/mol. The Kier molecular flexibility index (Phi) is 6.79. The molecule has 5 nitrogen and oxygen atoms in total. The van der Waals surface area contributed by atoms with Gasteiger partial charge in [-0.15, -0.1) is 0 Å². The zero-order chi connectivity index (χ0) is 22.4. The van der Waals surface area contributed by atoms with E-state index in [1.807, 2.05) is 6.92 Å². The van der Waals surface area contributed by atoms with Gasteiger partial charge in [0.05, 0.1) is 12.7 Å². The van der Waals surface area contributed by atoms with Crippen LogP contribution < -0.4 is 9.47 Å². The summed E-state index contributed by atoms with van der Waals surface area (Å²) in [7, 11) is 1.49. The van der Waals surface area contributed by atoms with Crippen molar-refractivity contribution in [1.29, 1.82) is 0 Å². The second-order valence-corrected chi connectivity index (χ2v) is 6.62. The van der Waals surface area contributed by atoms with Crippen molar-refractivity contribution in [3.63, 3.8) is 0 Å². The largest absolute Gasteiger partial charge is 0.496 e. The first-order chi connectivity index (χ1) is 14.8. The maximum Gasteiger partial charge on any atom is 0.416 e. The lowest BCUT2D eigenvalue weighted by Crippen LogP contribution is -2.07. The average molecular weight is 430 g/mol. The molecule has 31 heavy (non-hydrogen) atoms. The number of allylic oxidation sites excluding steroid dienone is 1. The molecule has 0 spiro atoms. The zero-order valence-corrected chi connectivity index (χ0v) is 17.0. The molecule has 0 amide bonds. The average Bonchev–Trinajstić information content (AvgIpc) is 3.24. The van der Waals surface area contributed by atoms with Gasteiger partial charge in [0.25, 0.3) is 0 Å². The number of hydrogen-bond donors (Lipinski definition) is 0. The summed E-state index contributed by atoms with van der Waals surface area (Å²) in [6.45, 7) is 2.48. The molecule has 0 aliphatic carbocycles. The fourth-order valence-electron chi connectivity index (χ4n) is 2.99. The van der Waals surface area contributed by atoms with Crippen molar-refractivity contribution in [2.45, 2.75) is 26.3 Å². The highest BCUT2D eigenvalue weighted by Crippen LogP contribution is 2.32. The van der Waals surface area contributed by atoms with Gasteiger partial charge in [0, 0.05) is 18.3 Å². The first-order valence-corrected chi connectivity index (χ1v) is 9.53. The van der Waals surface area contributed by atoms with Gasteiger partial charge in [-0.05, 0) is 55.0 Å². The summed E-state index contributed by atoms with van der Waals surface area (Å²) in [5.74, 6) is 0.442. The Labute approximate surface area is 177 Å². The molecule has 0 N–H and O–H groups in total. The summed E-state index contributed by atoms with van der Waals surface area (Å²) in [5, 5.41) is 4.08. The van der Waals surface area contributed by atoms with Gasteiger partial charge in [0.2, 0.25) is 5.78 Å². The highest BCUT2D eigenvalue weighted by atomic mass is 19.4. The van der Waals surface area contributed by atoms with Gasteiger partial charge in [0.1, 0.15) is 23.8 Å². The number of carbonyl (C=O) groups excluding carboxylic acids is 1. The summed E-state index contributed by atoms with van der Waals surface area (Å²) < 4.78 is 51.1. The Morgan fingerprint density at radius 2 is 1.97 bits per heavy atom. The molecular weight excluding hydrogens is 409 g/mol. The van der Waals surface area contributed by atoms with Gasteiger partial charge in [0.15, 0.2) is 0 Å². The van der Waals surface area contributed by atoms with E-state index in [9.17, 15) is 18.0 Å². The van der Waals surface area contributed by atoms with Gasteiger partial charge in [-0.3, -0.25) is 9.48 Å². The van der Waals surface area contributed by atoms with Crippen LogP contribution in [0.15, 0.2) is 60.8 Å². The van der Waals surface area contributed by atoms with Crippen LogP contribution in [0.4, 0.5) is 13.2 Å². The van der Waals surface area contributed by atoms with E-state index in [0.717, 1.165) is 17.7 Å². The van der Waals surface area contributed by atoms with E-state index in [-0.39, 0.29) is 18.1 Å². The Morgan fingerprint density at radius 1 is 1.16 bits per heavy atom.